The lowest BCUT2D eigenvalue weighted by Gasteiger charge is -2.41. The Morgan fingerprint density at radius 2 is 1.77 bits per heavy atom. The molecule has 0 spiro atoms. The van der Waals surface area contributed by atoms with Gasteiger partial charge in [-0.2, -0.15) is 0 Å². The number of aliphatic hydroxyl groups is 1. The summed E-state index contributed by atoms with van der Waals surface area (Å²) < 4.78 is 6.47. The number of carbonyl (C=O) groups is 1. The van der Waals surface area contributed by atoms with E-state index in [4.69, 9.17) is 4.43 Å². The molecule has 128 valence electrons. The van der Waals surface area contributed by atoms with Gasteiger partial charge in [-0.15, -0.1) is 0 Å². The van der Waals surface area contributed by atoms with E-state index in [2.05, 4.69) is 47.7 Å². The van der Waals surface area contributed by atoms with Gasteiger partial charge in [0.25, 0.3) is 0 Å². The molecule has 3 nitrogen and oxygen atoms in total. The monoisotopic (exact) mass is 326 g/mol. The van der Waals surface area contributed by atoms with Crippen LogP contribution in [0, 0.1) is 5.92 Å². The number of carbonyl (C=O) groups excluding carboxylic acids is 1. The number of hydrogen-bond donors (Lipinski definition) is 1. The molecule has 0 saturated heterocycles. The van der Waals surface area contributed by atoms with E-state index in [0.29, 0.717) is 6.42 Å². The van der Waals surface area contributed by atoms with Crippen LogP contribution in [-0.2, 0) is 9.22 Å². The van der Waals surface area contributed by atoms with Crippen LogP contribution in [0.1, 0.15) is 47.5 Å². The van der Waals surface area contributed by atoms with Crippen molar-refractivity contribution in [2.24, 2.45) is 5.92 Å². The molecule has 0 rings (SSSR count). The number of aldehydes is 1. The molecule has 22 heavy (non-hydrogen) atoms. The highest BCUT2D eigenvalue weighted by Crippen LogP contribution is 2.38. The van der Waals surface area contributed by atoms with Gasteiger partial charge in [-0.3, -0.25) is 4.79 Å². The van der Waals surface area contributed by atoms with Crippen molar-refractivity contribution in [1.29, 1.82) is 0 Å². The minimum Gasteiger partial charge on any atom is -0.414 e. The lowest BCUT2D eigenvalue weighted by molar-refractivity contribution is -0.104. The fraction of sp³-hybridized carbons (Fsp3) is 0.722. The first-order chi connectivity index (χ1) is 10.1. The van der Waals surface area contributed by atoms with Gasteiger partial charge < -0.3 is 9.53 Å². The van der Waals surface area contributed by atoms with E-state index in [1.165, 1.54) is 6.08 Å². The largest absolute Gasteiger partial charge is 0.414 e. The number of allylic oxidation sites excluding steroid dienone is 3. The van der Waals surface area contributed by atoms with E-state index in [0.717, 1.165) is 12.7 Å². The molecule has 0 bridgehead atoms. The summed E-state index contributed by atoms with van der Waals surface area (Å²) in [7, 11) is -1.83. The van der Waals surface area contributed by atoms with Crippen molar-refractivity contribution in [2.45, 2.75) is 77.8 Å². The van der Waals surface area contributed by atoms with Crippen molar-refractivity contribution >= 4 is 14.6 Å². The molecule has 0 aromatic rings. The Hall–Kier alpha value is -0.713. The van der Waals surface area contributed by atoms with Crippen LogP contribution in [0.3, 0.4) is 0 Å². The van der Waals surface area contributed by atoms with Crippen molar-refractivity contribution in [3.63, 3.8) is 0 Å². The molecule has 0 aliphatic heterocycles. The van der Waals surface area contributed by atoms with Crippen molar-refractivity contribution in [1.82, 2.24) is 0 Å². The molecule has 0 aliphatic carbocycles. The predicted octanol–water partition coefficient (Wildman–Crippen LogP) is 4.49. The Kier molecular flexibility index (Phi) is 9.13. The molecule has 0 fully saturated rings. The lowest BCUT2D eigenvalue weighted by Crippen LogP contribution is -2.46. The van der Waals surface area contributed by atoms with Crippen molar-refractivity contribution in [3.05, 3.63) is 24.3 Å². The molecule has 3 atom stereocenters. The fourth-order valence-electron chi connectivity index (χ4n) is 1.99. The van der Waals surface area contributed by atoms with Crippen LogP contribution >= 0.6 is 0 Å². The molecule has 0 heterocycles. The van der Waals surface area contributed by atoms with Crippen molar-refractivity contribution in [2.75, 3.05) is 0 Å². The second-order valence-corrected chi connectivity index (χ2v) is 12.2. The topological polar surface area (TPSA) is 46.5 Å². The smallest absolute Gasteiger partial charge is 0.192 e. The molecule has 4 heteroatoms. The van der Waals surface area contributed by atoms with E-state index in [9.17, 15) is 9.90 Å². The summed E-state index contributed by atoms with van der Waals surface area (Å²) in [6.45, 7) is 15.4. The highest BCUT2D eigenvalue weighted by Gasteiger charge is 2.40. The van der Waals surface area contributed by atoms with Crippen LogP contribution in [0.2, 0.25) is 18.1 Å². The third kappa shape index (κ3) is 7.03. The maximum atomic E-state index is 10.4. The van der Waals surface area contributed by atoms with Gasteiger partial charge in [0.05, 0.1) is 6.10 Å². The third-order valence-electron chi connectivity index (χ3n) is 4.66. The van der Waals surface area contributed by atoms with Gasteiger partial charge in [0.1, 0.15) is 6.29 Å². The van der Waals surface area contributed by atoms with E-state index in [1.807, 2.05) is 6.08 Å². The summed E-state index contributed by atoms with van der Waals surface area (Å²) in [6, 6.07) is 0. The van der Waals surface area contributed by atoms with E-state index < -0.39 is 14.4 Å². The first-order valence-electron chi connectivity index (χ1n) is 8.19. The Morgan fingerprint density at radius 3 is 2.23 bits per heavy atom. The van der Waals surface area contributed by atoms with Crippen LogP contribution in [0.5, 0.6) is 0 Å². The van der Waals surface area contributed by atoms with Crippen LogP contribution < -0.4 is 0 Å². The Balaban J connectivity index is 4.70. The zero-order valence-corrected chi connectivity index (χ0v) is 16.3. The molecule has 0 radical (unpaired) electrons. The third-order valence-corrected chi connectivity index (χ3v) is 9.17. The summed E-state index contributed by atoms with van der Waals surface area (Å²) in [4.78, 5) is 10.2. The molecule has 0 aliphatic rings. The van der Waals surface area contributed by atoms with Gasteiger partial charge in [0, 0.05) is 12.0 Å². The number of rotatable bonds is 9. The zero-order valence-electron chi connectivity index (χ0n) is 15.3. The maximum Gasteiger partial charge on any atom is 0.192 e. The van der Waals surface area contributed by atoms with E-state index in [-0.39, 0.29) is 17.1 Å². The normalized spacial score (nSPS) is 17.8. The van der Waals surface area contributed by atoms with Gasteiger partial charge in [-0.1, -0.05) is 52.8 Å². The summed E-state index contributed by atoms with van der Waals surface area (Å²) in [5, 5.41) is 10.5. The minimum atomic E-state index is -1.83. The van der Waals surface area contributed by atoms with Gasteiger partial charge in [-0.05, 0) is 37.0 Å². The fourth-order valence-corrected chi connectivity index (χ4v) is 3.48. The molecule has 1 unspecified atom stereocenters. The Labute approximate surface area is 137 Å². The van der Waals surface area contributed by atoms with Gasteiger partial charge in [-0.25, -0.2) is 0 Å². The van der Waals surface area contributed by atoms with Crippen LogP contribution in [-0.4, -0.2) is 31.9 Å². The molecule has 0 amide bonds. The van der Waals surface area contributed by atoms with Gasteiger partial charge >= 0.3 is 0 Å². The van der Waals surface area contributed by atoms with Crippen LogP contribution in [0.4, 0.5) is 0 Å². The minimum absolute atomic E-state index is 0.0785. The Bertz CT molecular complexity index is 380. The number of aliphatic hydroxyl groups excluding tert-OH is 1. The highest BCUT2D eigenvalue weighted by molar-refractivity contribution is 6.74. The predicted molar refractivity (Wildman–Crippen MR) is 96.5 cm³/mol. The standard InChI is InChI=1S/C18H34O3Si/c1-8-17(21-22(6,7)18(3,4)5)15(2)16(20)13-11-9-10-12-14-19/h9-12,14-17,20H,8,13H2,1-7H3/b11-9+,12-10+/t15-,16?,17-/m0/s1. The average molecular weight is 327 g/mol. The first-order valence-corrected chi connectivity index (χ1v) is 11.1. The molecule has 0 aromatic carbocycles. The van der Waals surface area contributed by atoms with E-state index in [1.54, 1.807) is 12.2 Å². The summed E-state index contributed by atoms with van der Waals surface area (Å²) in [5.41, 5.74) is 0. The van der Waals surface area contributed by atoms with Crippen LogP contribution in [0.15, 0.2) is 24.3 Å². The average Bonchev–Trinajstić information content (AvgIpc) is 2.42. The summed E-state index contributed by atoms with van der Waals surface area (Å²) >= 11 is 0. The second-order valence-electron chi connectivity index (χ2n) is 7.44. The SMILES string of the molecule is CC[C@H](O[Si](C)(C)C(C)(C)C)[C@@H](C)C(O)C/C=C/C=C/C=O. The molecule has 0 aromatic heterocycles. The van der Waals surface area contributed by atoms with Crippen LogP contribution in [0.25, 0.3) is 0 Å². The van der Waals surface area contributed by atoms with Gasteiger partial charge in [0.2, 0.25) is 0 Å². The lowest BCUT2D eigenvalue weighted by atomic mass is 9.94. The summed E-state index contributed by atoms with van der Waals surface area (Å²) in [6.07, 6.45) is 8.64. The molecular weight excluding hydrogens is 292 g/mol. The van der Waals surface area contributed by atoms with Crippen molar-refractivity contribution in [3.8, 4) is 0 Å². The number of hydrogen-bond acceptors (Lipinski definition) is 3. The highest BCUT2D eigenvalue weighted by atomic mass is 28.4. The quantitative estimate of drug-likeness (QED) is 0.294. The Morgan fingerprint density at radius 1 is 1.18 bits per heavy atom. The van der Waals surface area contributed by atoms with E-state index >= 15 is 0 Å². The zero-order chi connectivity index (χ0) is 17.4. The molecule has 1 N–H and O–H groups in total. The summed E-state index contributed by atoms with van der Waals surface area (Å²) in [5.74, 6) is 0.0822. The van der Waals surface area contributed by atoms with Gasteiger partial charge in [0.15, 0.2) is 8.32 Å². The maximum absolute atomic E-state index is 10.4. The second kappa shape index (κ2) is 9.43. The van der Waals surface area contributed by atoms with Crippen molar-refractivity contribution < 1.29 is 14.3 Å². The molecule has 0 saturated carbocycles. The first kappa shape index (κ1) is 21.3. The molecular formula is C18H34O3Si.